The van der Waals surface area contributed by atoms with Gasteiger partial charge in [-0.15, -0.1) is 0 Å². The molecule has 2 rings (SSSR count). The lowest BCUT2D eigenvalue weighted by Gasteiger charge is -2.23. The van der Waals surface area contributed by atoms with E-state index in [1.807, 2.05) is 0 Å². The predicted molar refractivity (Wildman–Crippen MR) is 80.8 cm³/mol. The molecule has 2 nitrogen and oxygen atoms in total. The fourth-order valence-corrected chi connectivity index (χ4v) is 2.84. The van der Waals surface area contributed by atoms with E-state index in [0.29, 0.717) is 0 Å². The molecule has 1 fully saturated rings. The highest BCUT2D eigenvalue weighted by atomic mass is 16.5. The molecule has 0 spiro atoms. The zero-order chi connectivity index (χ0) is 13.9. The third-order valence-corrected chi connectivity index (χ3v) is 4.02. The summed E-state index contributed by atoms with van der Waals surface area (Å²) in [6.07, 6.45) is 5.44. The Kier molecular flexibility index (Phi) is 4.51. The van der Waals surface area contributed by atoms with E-state index in [4.69, 9.17) is 4.74 Å². The highest BCUT2D eigenvalue weighted by Gasteiger charge is 2.19. The first-order valence-electron chi connectivity index (χ1n) is 7.41. The molecular formula is C17H27NO. The molecule has 0 radical (unpaired) electrons. The number of rotatable bonds is 4. The number of methoxy groups -OCH3 is 1. The second-order valence-corrected chi connectivity index (χ2v) is 6.65. The van der Waals surface area contributed by atoms with Crippen LogP contribution in [-0.4, -0.2) is 13.2 Å². The average molecular weight is 261 g/mol. The number of benzene rings is 1. The van der Waals surface area contributed by atoms with Crippen molar-refractivity contribution >= 4 is 0 Å². The summed E-state index contributed by atoms with van der Waals surface area (Å²) in [5.41, 5.74) is 2.77. The van der Waals surface area contributed by atoms with Gasteiger partial charge in [-0.25, -0.2) is 0 Å². The van der Waals surface area contributed by atoms with Crippen LogP contribution in [-0.2, 0) is 12.0 Å². The molecule has 0 amide bonds. The Morgan fingerprint density at radius 1 is 1.21 bits per heavy atom. The monoisotopic (exact) mass is 261 g/mol. The van der Waals surface area contributed by atoms with E-state index < -0.39 is 0 Å². The van der Waals surface area contributed by atoms with Crippen molar-refractivity contribution in [2.24, 2.45) is 0 Å². The summed E-state index contributed by atoms with van der Waals surface area (Å²) in [7, 11) is 1.75. The first kappa shape index (κ1) is 14.4. The van der Waals surface area contributed by atoms with Gasteiger partial charge in [-0.05, 0) is 35.4 Å². The van der Waals surface area contributed by atoms with Crippen LogP contribution in [0, 0.1) is 0 Å². The van der Waals surface area contributed by atoms with Crippen LogP contribution in [0.1, 0.15) is 57.6 Å². The molecule has 0 aliphatic heterocycles. The fraction of sp³-hybridized carbons (Fsp3) is 0.647. The molecular weight excluding hydrogens is 234 g/mol. The van der Waals surface area contributed by atoms with Crippen molar-refractivity contribution in [3.8, 4) is 5.75 Å². The first-order valence-corrected chi connectivity index (χ1v) is 7.41. The van der Waals surface area contributed by atoms with Gasteiger partial charge in [0.1, 0.15) is 5.75 Å². The summed E-state index contributed by atoms with van der Waals surface area (Å²) in [6.45, 7) is 7.68. The Morgan fingerprint density at radius 2 is 1.89 bits per heavy atom. The van der Waals surface area contributed by atoms with E-state index in [9.17, 15) is 0 Å². The highest BCUT2D eigenvalue weighted by molar-refractivity contribution is 5.41. The molecule has 106 valence electrons. The third-order valence-electron chi connectivity index (χ3n) is 4.02. The zero-order valence-electron chi connectivity index (χ0n) is 12.8. The summed E-state index contributed by atoms with van der Waals surface area (Å²) in [5.74, 6) is 0.997. The van der Waals surface area contributed by atoms with Crippen LogP contribution >= 0.6 is 0 Å². The summed E-state index contributed by atoms with van der Waals surface area (Å²) < 4.78 is 5.48. The summed E-state index contributed by atoms with van der Waals surface area (Å²) in [6, 6.07) is 7.29. The molecule has 1 aliphatic carbocycles. The number of nitrogens with one attached hydrogen (secondary N) is 1. The first-order chi connectivity index (χ1) is 9.00. The Balaban J connectivity index is 2.08. The predicted octanol–water partition coefficient (Wildman–Crippen LogP) is 4.02. The van der Waals surface area contributed by atoms with Crippen LogP contribution in [0.25, 0.3) is 0 Å². The van der Waals surface area contributed by atoms with Gasteiger partial charge in [-0.3, -0.25) is 0 Å². The van der Waals surface area contributed by atoms with Crippen molar-refractivity contribution in [3.63, 3.8) is 0 Å². The minimum atomic E-state index is 0.120. The van der Waals surface area contributed by atoms with Crippen LogP contribution in [0.15, 0.2) is 18.2 Å². The van der Waals surface area contributed by atoms with Crippen LogP contribution in [0.3, 0.4) is 0 Å². The van der Waals surface area contributed by atoms with E-state index >= 15 is 0 Å². The van der Waals surface area contributed by atoms with Crippen molar-refractivity contribution in [1.29, 1.82) is 0 Å². The molecule has 2 heteroatoms. The van der Waals surface area contributed by atoms with Crippen LogP contribution in [0.2, 0.25) is 0 Å². The molecule has 0 bridgehead atoms. The molecule has 0 unspecified atom stereocenters. The largest absolute Gasteiger partial charge is 0.496 e. The van der Waals surface area contributed by atoms with Crippen molar-refractivity contribution in [2.75, 3.05) is 7.11 Å². The minimum Gasteiger partial charge on any atom is -0.496 e. The average Bonchev–Trinajstić information content (AvgIpc) is 2.88. The van der Waals surface area contributed by atoms with Gasteiger partial charge < -0.3 is 10.1 Å². The molecule has 0 saturated heterocycles. The maximum atomic E-state index is 5.48. The number of hydrogen-bond donors (Lipinski definition) is 1. The van der Waals surface area contributed by atoms with Crippen LogP contribution in [0.4, 0.5) is 0 Å². The zero-order valence-corrected chi connectivity index (χ0v) is 12.8. The van der Waals surface area contributed by atoms with Crippen molar-refractivity contribution in [1.82, 2.24) is 5.32 Å². The van der Waals surface area contributed by atoms with E-state index in [1.165, 1.54) is 36.8 Å². The van der Waals surface area contributed by atoms with E-state index in [2.05, 4.69) is 44.3 Å². The van der Waals surface area contributed by atoms with E-state index in [0.717, 1.165) is 18.3 Å². The SMILES string of the molecule is COc1ccc(CNC2CCCC2)cc1C(C)(C)C. The molecule has 1 N–H and O–H groups in total. The summed E-state index contributed by atoms with van der Waals surface area (Å²) in [4.78, 5) is 0. The maximum Gasteiger partial charge on any atom is 0.122 e. The molecule has 0 atom stereocenters. The minimum absolute atomic E-state index is 0.120. The van der Waals surface area contributed by atoms with Crippen LogP contribution < -0.4 is 10.1 Å². The molecule has 0 aromatic heterocycles. The highest BCUT2D eigenvalue weighted by Crippen LogP contribution is 2.32. The smallest absolute Gasteiger partial charge is 0.122 e. The second kappa shape index (κ2) is 5.96. The summed E-state index contributed by atoms with van der Waals surface area (Å²) in [5, 5.41) is 3.67. The third kappa shape index (κ3) is 3.73. The molecule has 19 heavy (non-hydrogen) atoms. The lowest BCUT2D eigenvalue weighted by molar-refractivity contribution is 0.397. The topological polar surface area (TPSA) is 21.3 Å². The van der Waals surface area contributed by atoms with Crippen molar-refractivity contribution in [3.05, 3.63) is 29.3 Å². The van der Waals surface area contributed by atoms with Gasteiger partial charge in [-0.1, -0.05) is 45.7 Å². The fourth-order valence-electron chi connectivity index (χ4n) is 2.84. The Morgan fingerprint density at radius 3 is 2.47 bits per heavy atom. The van der Waals surface area contributed by atoms with Gasteiger partial charge in [0.05, 0.1) is 7.11 Å². The standard InChI is InChI=1S/C17H27NO/c1-17(2,3)15-11-13(9-10-16(15)19-4)12-18-14-7-5-6-8-14/h9-11,14,18H,5-8,12H2,1-4H3. The van der Waals surface area contributed by atoms with Gasteiger partial charge >= 0.3 is 0 Å². The van der Waals surface area contributed by atoms with Gasteiger partial charge in [0.15, 0.2) is 0 Å². The Labute approximate surface area is 117 Å². The normalized spacial score (nSPS) is 16.8. The van der Waals surface area contributed by atoms with Crippen molar-refractivity contribution < 1.29 is 4.74 Å². The second-order valence-electron chi connectivity index (χ2n) is 6.65. The Bertz CT molecular complexity index is 414. The van der Waals surface area contributed by atoms with Gasteiger partial charge in [0, 0.05) is 12.6 Å². The summed E-state index contributed by atoms with van der Waals surface area (Å²) >= 11 is 0. The molecule has 1 aromatic carbocycles. The maximum absolute atomic E-state index is 5.48. The molecule has 0 heterocycles. The van der Waals surface area contributed by atoms with Crippen molar-refractivity contribution in [2.45, 2.75) is 64.5 Å². The molecule has 1 saturated carbocycles. The lowest BCUT2D eigenvalue weighted by Crippen LogP contribution is -2.25. The Hall–Kier alpha value is -1.02. The number of ether oxygens (including phenoxy) is 1. The van der Waals surface area contributed by atoms with Gasteiger partial charge in [0.2, 0.25) is 0 Å². The molecule has 1 aliphatic rings. The molecule has 1 aromatic rings. The van der Waals surface area contributed by atoms with Gasteiger partial charge in [0.25, 0.3) is 0 Å². The van der Waals surface area contributed by atoms with E-state index in [1.54, 1.807) is 7.11 Å². The quantitative estimate of drug-likeness (QED) is 0.883. The van der Waals surface area contributed by atoms with Gasteiger partial charge in [-0.2, -0.15) is 0 Å². The van der Waals surface area contributed by atoms with E-state index in [-0.39, 0.29) is 5.41 Å². The lowest BCUT2D eigenvalue weighted by atomic mass is 9.85. The van der Waals surface area contributed by atoms with Crippen LogP contribution in [0.5, 0.6) is 5.75 Å². The number of hydrogen-bond acceptors (Lipinski definition) is 2.